The maximum absolute atomic E-state index is 12.9. The van der Waals surface area contributed by atoms with Gasteiger partial charge in [-0.3, -0.25) is 0 Å². The lowest BCUT2D eigenvalue weighted by molar-refractivity contribution is 0.151. The number of alkyl halides is 2. The molecule has 0 aliphatic heterocycles. The van der Waals surface area contributed by atoms with Gasteiger partial charge in [-0.15, -0.1) is 0 Å². The summed E-state index contributed by atoms with van der Waals surface area (Å²) < 4.78 is 31.2. The molecule has 1 aliphatic rings. The van der Waals surface area contributed by atoms with Crippen molar-refractivity contribution in [3.05, 3.63) is 29.3 Å². The van der Waals surface area contributed by atoms with Crippen LogP contribution in [0.5, 0.6) is 5.75 Å². The Morgan fingerprint density at radius 3 is 2.47 bits per heavy atom. The lowest BCUT2D eigenvalue weighted by Crippen LogP contribution is -2.37. The molecule has 19 heavy (non-hydrogen) atoms. The van der Waals surface area contributed by atoms with Crippen LogP contribution in [0.15, 0.2) is 18.2 Å². The summed E-state index contributed by atoms with van der Waals surface area (Å²) in [4.78, 5) is 0. The van der Waals surface area contributed by atoms with Gasteiger partial charge >= 0.3 is 0 Å². The third-order valence-corrected chi connectivity index (χ3v) is 4.25. The van der Waals surface area contributed by atoms with Crippen molar-refractivity contribution in [3.63, 3.8) is 0 Å². The Kier molecular flexibility index (Phi) is 4.40. The molecule has 2 nitrogen and oxygen atoms in total. The molecule has 0 unspecified atom stereocenters. The molecular weight excluding hydrogens is 248 g/mol. The van der Waals surface area contributed by atoms with Gasteiger partial charge in [0.25, 0.3) is 6.43 Å². The molecule has 1 aromatic carbocycles. The molecule has 0 aromatic heterocycles. The average molecular weight is 269 g/mol. The zero-order valence-corrected chi connectivity index (χ0v) is 11.3. The van der Waals surface area contributed by atoms with E-state index in [0.29, 0.717) is 12.3 Å². The third-order valence-electron chi connectivity index (χ3n) is 4.25. The first kappa shape index (κ1) is 14.3. The van der Waals surface area contributed by atoms with Gasteiger partial charge in [-0.05, 0) is 31.0 Å². The highest BCUT2D eigenvalue weighted by molar-refractivity contribution is 5.43. The summed E-state index contributed by atoms with van der Waals surface area (Å²) in [5.74, 6) is 0.678. The lowest BCUT2D eigenvalue weighted by Gasteiger charge is -2.37. The van der Waals surface area contributed by atoms with Crippen LogP contribution in [0.1, 0.15) is 49.7 Å². The van der Waals surface area contributed by atoms with Crippen molar-refractivity contribution in [2.24, 2.45) is 5.73 Å². The van der Waals surface area contributed by atoms with E-state index in [0.717, 1.165) is 31.2 Å². The predicted molar refractivity (Wildman–Crippen MR) is 71.8 cm³/mol. The molecule has 2 rings (SSSR count). The maximum Gasteiger partial charge on any atom is 0.263 e. The normalized spacial score (nSPS) is 18.6. The van der Waals surface area contributed by atoms with Crippen LogP contribution >= 0.6 is 0 Å². The van der Waals surface area contributed by atoms with E-state index in [4.69, 9.17) is 10.5 Å². The number of halogens is 2. The van der Waals surface area contributed by atoms with Crippen molar-refractivity contribution in [1.82, 2.24) is 0 Å². The fourth-order valence-corrected chi connectivity index (χ4v) is 3.09. The molecule has 1 aromatic rings. The number of benzene rings is 1. The van der Waals surface area contributed by atoms with E-state index < -0.39 is 6.43 Å². The third kappa shape index (κ3) is 2.73. The van der Waals surface area contributed by atoms with Crippen molar-refractivity contribution in [2.75, 3.05) is 13.7 Å². The molecule has 1 saturated carbocycles. The Labute approximate surface area is 112 Å². The summed E-state index contributed by atoms with van der Waals surface area (Å²) in [5.41, 5.74) is 6.68. The molecule has 0 amide bonds. The lowest BCUT2D eigenvalue weighted by atomic mass is 9.69. The van der Waals surface area contributed by atoms with Gasteiger partial charge in [0.05, 0.1) is 7.11 Å². The summed E-state index contributed by atoms with van der Waals surface area (Å²) in [6.07, 6.45) is 2.83. The molecule has 106 valence electrons. The number of nitrogens with two attached hydrogens (primary N) is 1. The quantitative estimate of drug-likeness (QED) is 0.902. The van der Waals surface area contributed by atoms with Crippen molar-refractivity contribution in [1.29, 1.82) is 0 Å². The summed E-state index contributed by atoms with van der Waals surface area (Å²) in [6.45, 7) is 0.482. The van der Waals surface area contributed by atoms with E-state index in [1.54, 1.807) is 19.2 Å². The van der Waals surface area contributed by atoms with E-state index in [-0.39, 0.29) is 11.0 Å². The number of ether oxygens (including phenoxy) is 1. The topological polar surface area (TPSA) is 35.2 Å². The van der Waals surface area contributed by atoms with Gasteiger partial charge in [0, 0.05) is 23.1 Å². The van der Waals surface area contributed by atoms with Crippen molar-refractivity contribution in [2.45, 2.75) is 43.9 Å². The molecule has 0 atom stereocenters. The van der Waals surface area contributed by atoms with Crippen molar-refractivity contribution < 1.29 is 13.5 Å². The van der Waals surface area contributed by atoms with Crippen molar-refractivity contribution in [3.8, 4) is 5.75 Å². The van der Waals surface area contributed by atoms with E-state index in [1.165, 1.54) is 12.5 Å². The maximum atomic E-state index is 12.9. The fourth-order valence-electron chi connectivity index (χ4n) is 3.09. The standard InChI is InChI=1S/C15H21F2NO/c1-19-13-6-5-11(14(16)17)9-12(13)15(10-18)7-3-2-4-8-15/h5-6,9,14H,2-4,7-8,10,18H2,1H3. The second-order valence-corrected chi connectivity index (χ2v) is 5.31. The van der Waals surface area contributed by atoms with Gasteiger partial charge in [-0.25, -0.2) is 8.78 Å². The van der Waals surface area contributed by atoms with Crippen LogP contribution in [0.2, 0.25) is 0 Å². The molecule has 0 radical (unpaired) electrons. The molecular formula is C15H21F2NO. The van der Waals surface area contributed by atoms with Gasteiger partial charge < -0.3 is 10.5 Å². The zero-order valence-electron chi connectivity index (χ0n) is 11.3. The van der Waals surface area contributed by atoms with E-state index >= 15 is 0 Å². The molecule has 0 bridgehead atoms. The average Bonchev–Trinajstić information content (AvgIpc) is 2.47. The van der Waals surface area contributed by atoms with Crippen LogP contribution in [0, 0.1) is 0 Å². The number of hydrogen-bond acceptors (Lipinski definition) is 2. The highest BCUT2D eigenvalue weighted by Gasteiger charge is 2.35. The van der Waals surface area contributed by atoms with Crippen LogP contribution in [0.25, 0.3) is 0 Å². The first-order valence-corrected chi connectivity index (χ1v) is 6.79. The second kappa shape index (κ2) is 5.87. The SMILES string of the molecule is COc1ccc(C(F)F)cc1C1(CN)CCCCC1. The Morgan fingerprint density at radius 2 is 1.95 bits per heavy atom. The highest BCUT2D eigenvalue weighted by Crippen LogP contribution is 2.43. The Hall–Kier alpha value is -1.16. The molecule has 0 saturated heterocycles. The van der Waals surface area contributed by atoms with Crippen LogP contribution in [-0.2, 0) is 5.41 Å². The van der Waals surface area contributed by atoms with Gasteiger partial charge in [0.2, 0.25) is 0 Å². The minimum atomic E-state index is -2.46. The Morgan fingerprint density at radius 1 is 1.26 bits per heavy atom. The molecule has 4 heteroatoms. The predicted octanol–water partition coefficient (Wildman–Crippen LogP) is 3.79. The van der Waals surface area contributed by atoms with Gasteiger partial charge in [0.15, 0.2) is 0 Å². The number of hydrogen-bond donors (Lipinski definition) is 1. The first-order chi connectivity index (χ1) is 9.13. The summed E-state index contributed by atoms with van der Waals surface area (Å²) in [5, 5.41) is 0. The number of rotatable bonds is 4. The molecule has 0 spiro atoms. The first-order valence-electron chi connectivity index (χ1n) is 6.79. The van der Waals surface area contributed by atoms with Gasteiger partial charge in [-0.1, -0.05) is 19.3 Å². The molecule has 1 fully saturated rings. The molecule has 0 heterocycles. The highest BCUT2D eigenvalue weighted by atomic mass is 19.3. The van der Waals surface area contributed by atoms with Crippen LogP contribution in [0.3, 0.4) is 0 Å². The Balaban J connectivity index is 2.47. The largest absolute Gasteiger partial charge is 0.496 e. The van der Waals surface area contributed by atoms with Gasteiger partial charge in [-0.2, -0.15) is 0 Å². The van der Waals surface area contributed by atoms with E-state index in [1.807, 2.05) is 0 Å². The smallest absolute Gasteiger partial charge is 0.263 e. The van der Waals surface area contributed by atoms with E-state index in [2.05, 4.69) is 0 Å². The van der Waals surface area contributed by atoms with Crippen LogP contribution in [0.4, 0.5) is 8.78 Å². The molecule has 2 N–H and O–H groups in total. The summed E-state index contributed by atoms with van der Waals surface area (Å²) >= 11 is 0. The summed E-state index contributed by atoms with van der Waals surface area (Å²) in [6, 6.07) is 4.66. The second-order valence-electron chi connectivity index (χ2n) is 5.31. The minimum Gasteiger partial charge on any atom is -0.496 e. The zero-order chi connectivity index (χ0) is 13.9. The minimum absolute atomic E-state index is 0.0502. The van der Waals surface area contributed by atoms with Crippen LogP contribution < -0.4 is 10.5 Å². The van der Waals surface area contributed by atoms with Gasteiger partial charge in [0.1, 0.15) is 5.75 Å². The van der Waals surface area contributed by atoms with Crippen molar-refractivity contribution >= 4 is 0 Å². The molecule has 1 aliphatic carbocycles. The number of methoxy groups -OCH3 is 1. The van der Waals surface area contributed by atoms with E-state index in [9.17, 15) is 8.78 Å². The summed E-state index contributed by atoms with van der Waals surface area (Å²) in [7, 11) is 1.58. The van der Waals surface area contributed by atoms with Crippen LogP contribution in [-0.4, -0.2) is 13.7 Å². The fraction of sp³-hybridized carbons (Fsp3) is 0.600. The Bertz CT molecular complexity index is 428. The monoisotopic (exact) mass is 269 g/mol.